The summed E-state index contributed by atoms with van der Waals surface area (Å²) in [5.74, 6) is 1.06. The lowest BCUT2D eigenvalue weighted by Crippen LogP contribution is -2.55. The Bertz CT molecular complexity index is 554. The van der Waals surface area contributed by atoms with Crippen molar-refractivity contribution < 1.29 is 14.3 Å². The van der Waals surface area contributed by atoms with E-state index in [1.807, 2.05) is 6.07 Å². The molecule has 2 atom stereocenters. The summed E-state index contributed by atoms with van der Waals surface area (Å²) in [5.41, 5.74) is -0.210. The Balaban J connectivity index is 1.61. The van der Waals surface area contributed by atoms with E-state index in [2.05, 4.69) is 14.9 Å². The van der Waals surface area contributed by atoms with E-state index in [0.717, 1.165) is 38.3 Å². The number of morpholine rings is 1. The van der Waals surface area contributed by atoms with Crippen molar-refractivity contribution in [2.45, 2.75) is 24.9 Å². The van der Waals surface area contributed by atoms with Gasteiger partial charge in [-0.15, -0.1) is 0 Å². The number of amides is 1. The number of anilines is 1. The van der Waals surface area contributed by atoms with Crippen molar-refractivity contribution in [3.05, 3.63) is 18.5 Å². The first-order valence-corrected chi connectivity index (χ1v) is 8.54. The fraction of sp³-hybridized carbons (Fsp3) is 0.706. The highest BCUT2D eigenvalue weighted by atomic mass is 16.5. The van der Waals surface area contributed by atoms with Crippen molar-refractivity contribution >= 4 is 11.9 Å². The molecule has 1 aromatic rings. The molecule has 2 aliphatic rings. The largest absolute Gasteiger partial charge is 0.371 e. The van der Waals surface area contributed by atoms with E-state index in [-0.39, 0.29) is 18.1 Å². The van der Waals surface area contributed by atoms with Gasteiger partial charge >= 0.3 is 0 Å². The monoisotopic (exact) mass is 334 g/mol. The number of hydrogen-bond acceptors (Lipinski definition) is 6. The molecule has 1 saturated carbocycles. The van der Waals surface area contributed by atoms with Gasteiger partial charge in [-0.3, -0.25) is 4.79 Å². The van der Waals surface area contributed by atoms with E-state index in [0.29, 0.717) is 19.1 Å². The van der Waals surface area contributed by atoms with Gasteiger partial charge in [0.2, 0.25) is 11.9 Å². The molecule has 24 heavy (non-hydrogen) atoms. The molecular formula is C17H26N4O3. The Labute approximate surface area is 143 Å². The lowest BCUT2D eigenvalue weighted by atomic mass is 9.89. The van der Waals surface area contributed by atoms with Crippen LogP contribution in [0.15, 0.2) is 18.5 Å². The van der Waals surface area contributed by atoms with Gasteiger partial charge in [-0.1, -0.05) is 6.42 Å². The number of carbonyl (C=O) groups excluding carboxylic acids is 1. The van der Waals surface area contributed by atoms with Crippen LogP contribution in [0.5, 0.6) is 0 Å². The molecule has 3 rings (SSSR count). The molecule has 2 heterocycles. The highest BCUT2D eigenvalue weighted by Crippen LogP contribution is 2.41. The van der Waals surface area contributed by atoms with Crippen LogP contribution in [0.2, 0.25) is 0 Å². The van der Waals surface area contributed by atoms with Gasteiger partial charge in [0.05, 0.1) is 25.4 Å². The summed E-state index contributed by atoms with van der Waals surface area (Å²) >= 11 is 0. The Morgan fingerprint density at radius 1 is 1.46 bits per heavy atom. The van der Waals surface area contributed by atoms with Gasteiger partial charge in [0.1, 0.15) is 6.61 Å². The molecule has 1 aliphatic carbocycles. The van der Waals surface area contributed by atoms with Crippen LogP contribution >= 0.6 is 0 Å². The third-order valence-corrected chi connectivity index (χ3v) is 4.98. The minimum absolute atomic E-state index is 0.00841. The number of rotatable bonds is 5. The lowest BCUT2D eigenvalue weighted by molar-refractivity contribution is -0.137. The van der Waals surface area contributed by atoms with Crippen molar-refractivity contribution in [2.24, 2.45) is 5.92 Å². The third kappa shape index (κ3) is 3.67. The van der Waals surface area contributed by atoms with Gasteiger partial charge in [0.15, 0.2) is 0 Å². The molecule has 1 spiro atoms. The van der Waals surface area contributed by atoms with Gasteiger partial charge in [-0.2, -0.15) is 0 Å². The highest BCUT2D eigenvalue weighted by Gasteiger charge is 2.47. The number of carbonyl (C=O) groups is 1. The molecule has 7 nitrogen and oxygen atoms in total. The first kappa shape index (κ1) is 17.1. The van der Waals surface area contributed by atoms with Gasteiger partial charge in [-0.25, -0.2) is 9.97 Å². The average Bonchev–Trinajstić information content (AvgIpc) is 2.97. The average molecular weight is 334 g/mol. The zero-order valence-corrected chi connectivity index (χ0v) is 14.5. The van der Waals surface area contributed by atoms with E-state index in [1.54, 1.807) is 31.4 Å². The number of nitrogens with zero attached hydrogens (tertiary/aromatic N) is 4. The molecular weight excluding hydrogens is 308 g/mol. The topological polar surface area (TPSA) is 67.8 Å². The van der Waals surface area contributed by atoms with Crippen LogP contribution in [0.1, 0.15) is 19.3 Å². The summed E-state index contributed by atoms with van der Waals surface area (Å²) < 4.78 is 11.9. The molecule has 1 aliphatic heterocycles. The molecule has 7 heteroatoms. The highest BCUT2D eigenvalue weighted by molar-refractivity contribution is 5.76. The van der Waals surface area contributed by atoms with Crippen molar-refractivity contribution in [2.75, 3.05) is 51.9 Å². The summed E-state index contributed by atoms with van der Waals surface area (Å²) in [6.07, 6.45) is 6.75. The van der Waals surface area contributed by atoms with Crippen LogP contribution in [0.3, 0.4) is 0 Å². The number of likely N-dealkylation sites (N-methyl/N-ethyl adjacent to an activating group) is 1. The number of hydrogen-bond donors (Lipinski definition) is 0. The predicted octanol–water partition coefficient (Wildman–Crippen LogP) is 0.957. The van der Waals surface area contributed by atoms with Crippen LogP contribution in [0.25, 0.3) is 0 Å². The molecule has 0 radical (unpaired) electrons. The lowest BCUT2D eigenvalue weighted by Gasteiger charge is -2.44. The predicted molar refractivity (Wildman–Crippen MR) is 89.8 cm³/mol. The summed E-state index contributed by atoms with van der Waals surface area (Å²) in [5, 5.41) is 0. The summed E-state index contributed by atoms with van der Waals surface area (Å²) in [4.78, 5) is 24.1. The zero-order valence-electron chi connectivity index (χ0n) is 14.5. The van der Waals surface area contributed by atoms with Crippen molar-refractivity contribution in [3.63, 3.8) is 0 Å². The van der Waals surface area contributed by atoms with Crippen molar-refractivity contribution in [1.82, 2.24) is 14.9 Å². The molecule has 0 aromatic carbocycles. The number of ether oxygens (including phenoxy) is 2. The van der Waals surface area contributed by atoms with Crippen LogP contribution < -0.4 is 4.90 Å². The molecule has 0 unspecified atom stereocenters. The van der Waals surface area contributed by atoms with E-state index in [1.165, 1.54) is 0 Å². The van der Waals surface area contributed by atoms with E-state index in [9.17, 15) is 4.79 Å². The summed E-state index contributed by atoms with van der Waals surface area (Å²) in [6, 6.07) is 1.83. The van der Waals surface area contributed by atoms with E-state index >= 15 is 0 Å². The van der Waals surface area contributed by atoms with Crippen molar-refractivity contribution in [3.8, 4) is 0 Å². The van der Waals surface area contributed by atoms with Crippen LogP contribution in [0, 0.1) is 5.92 Å². The van der Waals surface area contributed by atoms with Crippen molar-refractivity contribution in [1.29, 1.82) is 0 Å². The first-order chi connectivity index (χ1) is 11.6. The molecule has 0 bridgehead atoms. The Hall–Kier alpha value is -1.73. The van der Waals surface area contributed by atoms with Gasteiger partial charge < -0.3 is 19.3 Å². The second-order valence-electron chi connectivity index (χ2n) is 6.78. The minimum atomic E-state index is -0.210. The summed E-state index contributed by atoms with van der Waals surface area (Å²) in [6.45, 7) is 2.95. The maximum Gasteiger partial charge on any atom is 0.248 e. The summed E-state index contributed by atoms with van der Waals surface area (Å²) in [7, 11) is 3.48. The molecule has 2 fully saturated rings. The molecule has 0 N–H and O–H groups in total. The van der Waals surface area contributed by atoms with Crippen LogP contribution in [0.4, 0.5) is 5.95 Å². The molecule has 1 aromatic heterocycles. The Kier molecular flexibility index (Phi) is 5.30. The first-order valence-electron chi connectivity index (χ1n) is 8.54. The Morgan fingerprint density at radius 3 is 3.00 bits per heavy atom. The molecule has 132 valence electrons. The fourth-order valence-electron chi connectivity index (χ4n) is 3.60. The SMILES string of the molecule is CN(C)C(=O)COC[C@@H]1CCC[C@]12CN(c1ncccn1)CCO2. The van der Waals surface area contributed by atoms with Gasteiger partial charge in [0.25, 0.3) is 0 Å². The molecule has 1 amide bonds. The Morgan fingerprint density at radius 2 is 2.25 bits per heavy atom. The fourth-order valence-corrected chi connectivity index (χ4v) is 3.60. The second kappa shape index (κ2) is 7.44. The zero-order chi connectivity index (χ0) is 17.0. The third-order valence-electron chi connectivity index (χ3n) is 4.98. The smallest absolute Gasteiger partial charge is 0.248 e. The maximum atomic E-state index is 11.7. The standard InChI is InChI=1S/C17H26N4O3/c1-20(2)15(22)12-23-11-14-5-3-6-17(14)13-21(9-10-24-17)16-18-7-4-8-19-16/h4,7-8,14H,3,5-6,9-13H2,1-2H3/t14-,17-/m0/s1. The van der Waals surface area contributed by atoms with Gasteiger partial charge in [-0.05, 0) is 18.9 Å². The van der Waals surface area contributed by atoms with E-state index in [4.69, 9.17) is 9.47 Å². The molecule has 1 saturated heterocycles. The van der Waals surface area contributed by atoms with Gasteiger partial charge in [0, 0.05) is 39.0 Å². The van der Waals surface area contributed by atoms with Crippen LogP contribution in [-0.2, 0) is 14.3 Å². The van der Waals surface area contributed by atoms with E-state index < -0.39 is 0 Å². The minimum Gasteiger partial charge on any atom is -0.371 e. The quantitative estimate of drug-likeness (QED) is 0.799. The van der Waals surface area contributed by atoms with Crippen LogP contribution in [-0.4, -0.2) is 73.4 Å². The normalized spacial score (nSPS) is 26.8. The number of aromatic nitrogens is 2. The second-order valence-corrected chi connectivity index (χ2v) is 6.78. The maximum absolute atomic E-state index is 11.7.